The minimum absolute atomic E-state index is 0.0104. The van der Waals surface area contributed by atoms with Crippen molar-refractivity contribution in [2.24, 2.45) is 34.6 Å². The number of Topliss-reactive ketones (excluding diaryl/α,β-unsaturated/α-hetero) is 1. The Morgan fingerprint density at radius 1 is 0.939 bits per heavy atom. The zero-order valence-corrected chi connectivity index (χ0v) is 26.9. The molecule has 0 unspecified atom stereocenters. The number of carbonyl (C=O) groups excluding carboxylic acids is 2. The third-order valence-corrected chi connectivity index (χ3v) is 7.28. The van der Waals surface area contributed by atoms with Crippen LogP contribution in [0.4, 0.5) is 40.3 Å². The Balaban J connectivity index is 1.63. The number of nitrogen functional groups attached to an aromatic ring is 2. The van der Waals surface area contributed by atoms with Crippen LogP contribution in [0.25, 0.3) is 16.5 Å². The quantitative estimate of drug-likeness (QED) is 0.0885. The fraction of sp³-hybridized carbons (Fsp3) is 0.250. The van der Waals surface area contributed by atoms with Crippen molar-refractivity contribution >= 4 is 52.1 Å². The number of rotatable bonds is 9. The van der Waals surface area contributed by atoms with Crippen LogP contribution in [0.5, 0.6) is 0 Å². The van der Waals surface area contributed by atoms with Crippen LogP contribution >= 0.6 is 0 Å². The predicted molar refractivity (Wildman–Crippen MR) is 170 cm³/mol. The Kier molecular flexibility index (Phi) is 8.77. The largest absolute Gasteiger partial charge is 0.465 e. The molecule has 0 saturated heterocycles. The maximum absolute atomic E-state index is 12.2. The summed E-state index contributed by atoms with van der Waals surface area (Å²) in [7, 11) is 4.34. The molecule has 0 aliphatic rings. The number of carbonyl (C=O) groups is 2. The fourth-order valence-electron chi connectivity index (χ4n) is 4.71. The Morgan fingerprint density at radius 3 is 1.94 bits per heavy atom. The highest BCUT2D eigenvalue weighted by atomic mass is 16.5. The fourth-order valence-corrected chi connectivity index (χ4v) is 4.71. The highest BCUT2D eigenvalue weighted by molar-refractivity contribution is 6.00. The van der Waals surface area contributed by atoms with Crippen molar-refractivity contribution < 1.29 is 19.4 Å². The zero-order chi connectivity index (χ0) is 35.7. The molecular formula is C28H27N17O4. The number of esters is 1. The van der Waals surface area contributed by atoms with Crippen LogP contribution in [-0.4, -0.2) is 74.7 Å². The molecule has 0 aliphatic carbocycles. The van der Waals surface area contributed by atoms with Gasteiger partial charge >= 0.3 is 5.97 Å². The van der Waals surface area contributed by atoms with E-state index in [1.807, 2.05) is 0 Å². The highest BCUT2D eigenvalue weighted by Crippen LogP contribution is 2.38. The Morgan fingerprint density at radius 2 is 1.45 bits per heavy atom. The number of hydrogen-bond donors (Lipinski definition) is 3. The lowest BCUT2D eigenvalue weighted by molar-refractivity contribution is 0.0601. The Bertz CT molecular complexity index is 2150. The van der Waals surface area contributed by atoms with Gasteiger partial charge in [0.2, 0.25) is 5.69 Å². The van der Waals surface area contributed by atoms with E-state index in [2.05, 4.69) is 56.7 Å². The lowest BCUT2D eigenvalue weighted by atomic mass is 10.1. The number of azo groups is 2. The highest BCUT2D eigenvalue weighted by Gasteiger charge is 2.27. The number of nitriles is 1. The number of ketones is 1. The number of pyridine rings is 1. The van der Waals surface area contributed by atoms with Crippen molar-refractivity contribution in [2.45, 2.75) is 20.8 Å². The van der Waals surface area contributed by atoms with Crippen molar-refractivity contribution in [1.82, 2.24) is 44.1 Å². The van der Waals surface area contributed by atoms with E-state index in [9.17, 15) is 20.0 Å². The number of anilines is 2. The first-order valence-electron chi connectivity index (χ1n) is 14.0. The van der Waals surface area contributed by atoms with Gasteiger partial charge in [0.15, 0.2) is 52.1 Å². The first kappa shape index (κ1) is 33.2. The number of aromatic nitrogens is 9. The number of aliphatic hydroxyl groups is 1. The van der Waals surface area contributed by atoms with Crippen LogP contribution in [0.2, 0.25) is 0 Å². The molecule has 248 valence electrons. The van der Waals surface area contributed by atoms with Crippen molar-refractivity contribution in [3.63, 3.8) is 0 Å². The molecular weight excluding hydrogens is 638 g/mol. The van der Waals surface area contributed by atoms with E-state index in [4.69, 9.17) is 22.8 Å². The number of nitrogens with zero attached hydrogens (tertiary/aromatic N) is 15. The maximum atomic E-state index is 12.2. The van der Waals surface area contributed by atoms with Crippen LogP contribution < -0.4 is 11.5 Å². The van der Waals surface area contributed by atoms with Gasteiger partial charge in [-0.05, 0) is 26.3 Å². The van der Waals surface area contributed by atoms with Gasteiger partial charge in [-0.2, -0.15) is 30.3 Å². The molecule has 0 bridgehead atoms. The molecule has 5 aromatic rings. The van der Waals surface area contributed by atoms with Gasteiger partial charge in [-0.15, -0.1) is 20.5 Å². The number of methoxy groups -OCH3 is 1. The second-order valence-electron chi connectivity index (χ2n) is 10.3. The van der Waals surface area contributed by atoms with Gasteiger partial charge in [0, 0.05) is 14.1 Å². The number of hydrogen-bond acceptors (Lipinski definition) is 16. The third kappa shape index (κ3) is 5.61. The topological polar surface area (TPSA) is 277 Å². The predicted octanol–water partition coefficient (Wildman–Crippen LogP) is 3.22. The van der Waals surface area contributed by atoms with Gasteiger partial charge in [0.1, 0.15) is 18.2 Å². The van der Waals surface area contributed by atoms with Gasteiger partial charge in [-0.3, -0.25) is 4.79 Å². The molecule has 5 rings (SSSR count). The molecule has 5 heterocycles. The van der Waals surface area contributed by atoms with Crippen LogP contribution in [-0.2, 0) is 18.8 Å². The molecule has 0 fully saturated rings. The van der Waals surface area contributed by atoms with E-state index >= 15 is 0 Å². The van der Waals surface area contributed by atoms with E-state index in [0.717, 1.165) is 0 Å². The summed E-state index contributed by atoms with van der Waals surface area (Å²) < 4.78 is 9.75. The van der Waals surface area contributed by atoms with E-state index in [0.29, 0.717) is 5.69 Å². The zero-order valence-electron chi connectivity index (χ0n) is 26.9. The molecule has 5 N–H and O–H groups in total. The molecule has 0 spiro atoms. The average Bonchev–Trinajstić information content (AvgIpc) is 3.81. The molecule has 49 heavy (non-hydrogen) atoms. The van der Waals surface area contributed by atoms with Crippen LogP contribution in [0.15, 0.2) is 32.9 Å². The second kappa shape index (κ2) is 12.9. The summed E-state index contributed by atoms with van der Waals surface area (Å²) in [5.74, 6) is -1.33. The van der Waals surface area contributed by atoms with Gasteiger partial charge in [-0.25, -0.2) is 28.7 Å². The minimum Gasteiger partial charge on any atom is -0.465 e. The van der Waals surface area contributed by atoms with Gasteiger partial charge in [-0.1, -0.05) is 0 Å². The Hall–Kier alpha value is -7.13. The molecule has 0 aromatic carbocycles. The molecule has 21 nitrogen and oxygen atoms in total. The summed E-state index contributed by atoms with van der Waals surface area (Å²) in [6, 6.07) is 2.06. The smallest absolute Gasteiger partial charge is 0.343 e. The van der Waals surface area contributed by atoms with Crippen molar-refractivity contribution in [1.29, 1.82) is 5.26 Å². The Labute approximate surface area is 276 Å². The molecule has 0 atom stereocenters. The summed E-state index contributed by atoms with van der Waals surface area (Å²) in [5, 5.41) is 53.0. The number of nitrogens with two attached hydrogens (primary N) is 2. The summed E-state index contributed by atoms with van der Waals surface area (Å²) >= 11 is 0. The summed E-state index contributed by atoms with van der Waals surface area (Å²) in [6.45, 7) is 11.9. The number of ether oxygens (including phenoxy) is 1. The van der Waals surface area contributed by atoms with Crippen molar-refractivity contribution in [3.8, 4) is 17.7 Å². The summed E-state index contributed by atoms with van der Waals surface area (Å²) in [4.78, 5) is 32.5. The van der Waals surface area contributed by atoms with E-state index in [1.54, 1.807) is 34.9 Å². The average molecular weight is 666 g/mol. The van der Waals surface area contributed by atoms with E-state index in [-0.39, 0.29) is 79.9 Å². The van der Waals surface area contributed by atoms with Gasteiger partial charge in [0.05, 0.1) is 48.6 Å². The van der Waals surface area contributed by atoms with E-state index < -0.39 is 18.4 Å². The minimum atomic E-state index is -0.746. The lowest BCUT2D eigenvalue weighted by Gasteiger charge is -2.14. The first-order chi connectivity index (χ1) is 23.4. The van der Waals surface area contributed by atoms with Crippen LogP contribution in [0.1, 0.15) is 43.2 Å². The molecule has 21 heteroatoms. The third-order valence-electron chi connectivity index (χ3n) is 7.28. The van der Waals surface area contributed by atoms with Crippen molar-refractivity contribution in [2.75, 3.05) is 25.2 Å². The van der Waals surface area contributed by atoms with Crippen LogP contribution in [0.3, 0.4) is 0 Å². The number of aryl methyl sites for hydroxylation is 4. The standard InChI is InChI=1S/C28H27N17O4/c1-12-15(8-29)24(44-22(30)20(13(2)40-44)36-38-25-16(18(47)11-46)9-33-42(25)5)35-27(19(12)32-4)45-23(31)21(14(3)41-45)37-39-26-17(28(48)49-7)10-34-43(26)6/h9-10,46H,11,30-31H2,1-3,5-7H3/b38-36+,39-37+. The normalized spacial score (nSPS) is 11.4. The molecule has 5 aromatic heterocycles. The van der Waals surface area contributed by atoms with Crippen molar-refractivity contribution in [3.05, 3.63) is 57.5 Å². The molecule has 0 amide bonds. The summed E-state index contributed by atoms with van der Waals surface area (Å²) in [5.41, 5.74) is 14.1. The molecule has 0 radical (unpaired) electrons. The number of aliphatic hydroxyl groups excluding tert-OH is 1. The summed E-state index contributed by atoms with van der Waals surface area (Å²) in [6.07, 6.45) is 2.55. The van der Waals surface area contributed by atoms with E-state index in [1.165, 1.54) is 38.2 Å². The first-order valence-corrected chi connectivity index (χ1v) is 14.0. The second-order valence-corrected chi connectivity index (χ2v) is 10.3. The monoisotopic (exact) mass is 665 g/mol. The lowest BCUT2D eigenvalue weighted by Crippen LogP contribution is -2.12. The van der Waals surface area contributed by atoms with Gasteiger partial charge < -0.3 is 21.3 Å². The van der Waals surface area contributed by atoms with Crippen LogP contribution in [0, 0.1) is 38.7 Å². The van der Waals surface area contributed by atoms with Gasteiger partial charge in [0.25, 0.3) is 0 Å². The SMILES string of the molecule is [C-]#[N+]c1c(-n2nc(C)c(/N=N/c3c(C(=O)OC)cnn3C)c2N)nc(-n2nc(C)c(/N=N/c3c(C(=O)CO)cnn3C)c2N)c(C#N)c1C. The molecule has 0 saturated carbocycles. The maximum Gasteiger partial charge on any atom is 0.343 e. The molecule has 0 aliphatic heterocycles.